The molecule has 0 amide bonds. The van der Waals surface area contributed by atoms with Gasteiger partial charge in [0.05, 0.1) is 17.4 Å². The number of hydrogen-bond donors (Lipinski definition) is 1. The van der Waals surface area contributed by atoms with Crippen molar-refractivity contribution >= 4 is 17.0 Å². The lowest BCUT2D eigenvalue weighted by Gasteiger charge is -2.34. The summed E-state index contributed by atoms with van der Waals surface area (Å²) in [5.41, 5.74) is 3.51. The maximum Gasteiger partial charge on any atom is 0.225 e. The molecule has 0 saturated carbocycles. The second kappa shape index (κ2) is 6.34. The maximum absolute atomic E-state index is 4.33. The summed E-state index contributed by atoms with van der Waals surface area (Å²) in [6.45, 7) is 5.19. The summed E-state index contributed by atoms with van der Waals surface area (Å²) < 4.78 is 0. The molecule has 3 heterocycles. The Kier molecular flexibility index (Phi) is 3.90. The largest absolute Gasteiger partial charge is 0.345 e. The lowest BCUT2D eigenvalue weighted by atomic mass is 10.1. The molecule has 0 atom stereocenters. The molecule has 118 valence electrons. The van der Waals surface area contributed by atoms with Gasteiger partial charge in [-0.15, -0.1) is 0 Å². The fourth-order valence-electron chi connectivity index (χ4n) is 3.05. The molecule has 0 bridgehead atoms. The molecule has 0 unspecified atom stereocenters. The van der Waals surface area contributed by atoms with E-state index in [-0.39, 0.29) is 0 Å². The van der Waals surface area contributed by atoms with Crippen LogP contribution in [-0.4, -0.2) is 57.6 Å². The van der Waals surface area contributed by atoms with Crippen molar-refractivity contribution in [2.24, 2.45) is 0 Å². The molecule has 6 heteroatoms. The van der Waals surface area contributed by atoms with Crippen molar-refractivity contribution in [1.29, 1.82) is 0 Å². The van der Waals surface area contributed by atoms with Crippen LogP contribution in [0.4, 0.5) is 5.95 Å². The van der Waals surface area contributed by atoms with Crippen molar-refractivity contribution in [3.63, 3.8) is 0 Å². The predicted octanol–water partition coefficient (Wildman–Crippen LogP) is 1.72. The van der Waals surface area contributed by atoms with E-state index in [0.29, 0.717) is 0 Å². The number of H-pyrrole nitrogens is 1. The van der Waals surface area contributed by atoms with Gasteiger partial charge in [-0.25, -0.2) is 15.0 Å². The van der Waals surface area contributed by atoms with Crippen LogP contribution in [0.2, 0.25) is 0 Å². The van der Waals surface area contributed by atoms with E-state index < -0.39 is 0 Å². The number of nitrogens with one attached hydrogen (secondary N) is 1. The molecule has 6 nitrogen and oxygen atoms in total. The Morgan fingerprint density at radius 1 is 1.00 bits per heavy atom. The van der Waals surface area contributed by atoms with Gasteiger partial charge in [-0.3, -0.25) is 4.90 Å². The standard InChI is InChI=1S/C17H20N6/c1-5-18-17(19-6-1)23-10-8-22(9-11-23)7-4-14-2-3-15-16(12-14)21-13-20-15/h1-3,5-6,12-13H,4,7-11H2,(H,20,21). The van der Waals surface area contributed by atoms with Crippen molar-refractivity contribution < 1.29 is 0 Å². The summed E-state index contributed by atoms with van der Waals surface area (Å²) >= 11 is 0. The minimum atomic E-state index is 0.844. The number of anilines is 1. The van der Waals surface area contributed by atoms with E-state index in [1.807, 2.05) is 6.07 Å². The fourth-order valence-corrected chi connectivity index (χ4v) is 3.05. The van der Waals surface area contributed by atoms with Crippen molar-refractivity contribution in [3.8, 4) is 0 Å². The first-order valence-corrected chi connectivity index (χ1v) is 8.05. The number of rotatable bonds is 4. The van der Waals surface area contributed by atoms with E-state index in [1.165, 1.54) is 5.56 Å². The third-order valence-corrected chi connectivity index (χ3v) is 4.41. The SMILES string of the molecule is c1cnc(N2CCN(CCc3ccc4nc[nH]c4c3)CC2)nc1. The Balaban J connectivity index is 1.31. The summed E-state index contributed by atoms with van der Waals surface area (Å²) in [5, 5.41) is 0. The topological polar surface area (TPSA) is 60.9 Å². The van der Waals surface area contributed by atoms with Gasteiger partial charge in [-0.05, 0) is 30.2 Å². The molecule has 1 N–H and O–H groups in total. The molecule has 0 radical (unpaired) electrons. The first kappa shape index (κ1) is 14.1. The van der Waals surface area contributed by atoms with Crippen molar-refractivity contribution in [2.45, 2.75) is 6.42 Å². The highest BCUT2D eigenvalue weighted by atomic mass is 15.3. The Bertz CT molecular complexity index is 761. The first-order valence-electron chi connectivity index (χ1n) is 8.05. The number of fused-ring (bicyclic) bond motifs is 1. The van der Waals surface area contributed by atoms with Crippen LogP contribution >= 0.6 is 0 Å². The number of hydrogen-bond acceptors (Lipinski definition) is 5. The smallest absolute Gasteiger partial charge is 0.225 e. The monoisotopic (exact) mass is 308 g/mol. The van der Waals surface area contributed by atoms with Crippen molar-refractivity contribution in [1.82, 2.24) is 24.8 Å². The molecule has 0 aliphatic carbocycles. The average molecular weight is 308 g/mol. The fraction of sp³-hybridized carbons (Fsp3) is 0.353. The van der Waals surface area contributed by atoms with E-state index in [0.717, 1.165) is 56.1 Å². The van der Waals surface area contributed by atoms with Crippen LogP contribution < -0.4 is 4.90 Å². The zero-order valence-electron chi connectivity index (χ0n) is 13.0. The minimum Gasteiger partial charge on any atom is -0.345 e. The second-order valence-electron chi connectivity index (χ2n) is 5.88. The highest BCUT2D eigenvalue weighted by molar-refractivity contribution is 5.75. The summed E-state index contributed by atoms with van der Waals surface area (Å²) in [6, 6.07) is 8.33. The Labute approximate surface area is 135 Å². The van der Waals surface area contributed by atoms with Gasteiger partial charge in [-0.1, -0.05) is 6.07 Å². The number of piperazine rings is 1. The number of aromatic nitrogens is 4. The van der Waals surface area contributed by atoms with E-state index in [2.05, 4.69) is 47.9 Å². The van der Waals surface area contributed by atoms with Gasteiger partial charge in [0.15, 0.2) is 0 Å². The van der Waals surface area contributed by atoms with Crippen LogP contribution in [0.25, 0.3) is 11.0 Å². The van der Waals surface area contributed by atoms with Gasteiger partial charge in [0, 0.05) is 45.1 Å². The third kappa shape index (κ3) is 3.17. The molecular formula is C17H20N6. The second-order valence-corrected chi connectivity index (χ2v) is 5.88. The van der Waals surface area contributed by atoms with Crippen LogP contribution in [0, 0.1) is 0 Å². The molecule has 1 aliphatic heterocycles. The molecule has 0 spiro atoms. The summed E-state index contributed by atoms with van der Waals surface area (Å²) in [4.78, 5) is 20.9. The third-order valence-electron chi connectivity index (χ3n) is 4.41. The highest BCUT2D eigenvalue weighted by Crippen LogP contribution is 2.14. The zero-order chi connectivity index (χ0) is 15.5. The van der Waals surface area contributed by atoms with Crippen LogP contribution in [0.5, 0.6) is 0 Å². The molecule has 1 aliphatic rings. The molecule has 2 aromatic heterocycles. The maximum atomic E-state index is 4.33. The quantitative estimate of drug-likeness (QED) is 0.795. The summed E-state index contributed by atoms with van der Waals surface area (Å²) in [7, 11) is 0. The van der Waals surface area contributed by atoms with Crippen molar-refractivity contribution in [3.05, 3.63) is 48.5 Å². The van der Waals surface area contributed by atoms with E-state index in [4.69, 9.17) is 0 Å². The van der Waals surface area contributed by atoms with Crippen LogP contribution in [-0.2, 0) is 6.42 Å². The first-order chi connectivity index (χ1) is 11.4. The Morgan fingerprint density at radius 3 is 2.65 bits per heavy atom. The van der Waals surface area contributed by atoms with Crippen LogP contribution in [0.15, 0.2) is 43.0 Å². The van der Waals surface area contributed by atoms with Gasteiger partial charge >= 0.3 is 0 Å². The van der Waals surface area contributed by atoms with Gasteiger partial charge in [0.1, 0.15) is 0 Å². The summed E-state index contributed by atoms with van der Waals surface area (Å²) in [6.07, 6.45) is 6.43. The number of nitrogens with zero attached hydrogens (tertiary/aromatic N) is 5. The molecule has 3 aromatic rings. The molecular weight excluding hydrogens is 288 g/mol. The van der Waals surface area contributed by atoms with Crippen LogP contribution in [0.3, 0.4) is 0 Å². The molecule has 1 aromatic carbocycles. The molecule has 4 rings (SSSR count). The number of benzene rings is 1. The van der Waals surface area contributed by atoms with Gasteiger partial charge < -0.3 is 9.88 Å². The summed E-state index contributed by atoms with van der Waals surface area (Å²) in [5.74, 6) is 0.844. The van der Waals surface area contributed by atoms with Gasteiger partial charge in [0.25, 0.3) is 0 Å². The zero-order valence-corrected chi connectivity index (χ0v) is 13.0. The number of aromatic amines is 1. The predicted molar refractivity (Wildman–Crippen MR) is 90.5 cm³/mol. The normalized spacial score (nSPS) is 16.1. The van der Waals surface area contributed by atoms with E-state index >= 15 is 0 Å². The minimum absolute atomic E-state index is 0.844. The van der Waals surface area contributed by atoms with Crippen molar-refractivity contribution in [2.75, 3.05) is 37.6 Å². The Hall–Kier alpha value is -2.47. The van der Waals surface area contributed by atoms with Gasteiger partial charge in [-0.2, -0.15) is 0 Å². The van der Waals surface area contributed by atoms with Gasteiger partial charge in [0.2, 0.25) is 5.95 Å². The molecule has 1 fully saturated rings. The van der Waals surface area contributed by atoms with E-state index in [9.17, 15) is 0 Å². The van der Waals surface area contributed by atoms with Crippen LogP contribution in [0.1, 0.15) is 5.56 Å². The lowest BCUT2D eigenvalue weighted by Crippen LogP contribution is -2.47. The van der Waals surface area contributed by atoms with E-state index in [1.54, 1.807) is 18.7 Å². The highest BCUT2D eigenvalue weighted by Gasteiger charge is 2.18. The average Bonchev–Trinajstić information content (AvgIpc) is 3.09. The molecule has 1 saturated heterocycles. The molecule has 23 heavy (non-hydrogen) atoms. The Morgan fingerprint density at radius 2 is 1.83 bits per heavy atom. The lowest BCUT2D eigenvalue weighted by molar-refractivity contribution is 0.260. The number of imidazole rings is 1.